The number of anilines is 1. The van der Waals surface area contributed by atoms with Crippen LogP contribution in [-0.4, -0.2) is 48.7 Å². The van der Waals surface area contributed by atoms with Gasteiger partial charge in [-0.15, -0.1) is 0 Å². The number of rotatable bonds is 23. The number of nitrogens with zero attached hydrogens (tertiary/aromatic N) is 3. The van der Waals surface area contributed by atoms with Gasteiger partial charge in [-0.05, 0) is 43.2 Å². The molecule has 12 heteroatoms. The Morgan fingerprint density at radius 1 is 0.885 bits per heavy atom. The fraction of sp³-hybridized carbons (Fsp3) is 0.475. The summed E-state index contributed by atoms with van der Waals surface area (Å²) < 4.78 is 7.41. The SMILES string of the molecule is CCCCCCCCCCCCCCCCOC(=O)c1ccc(Cl)c(NC(=O)C(C(=O)c2cc(C)[nH]n2)n2c(O)cn(Cc3ccccc3)c2=O)c1. The molecular formula is C40H52ClN5O6. The quantitative estimate of drug-likeness (QED) is 0.0299. The molecule has 0 aliphatic rings. The van der Waals surface area contributed by atoms with Gasteiger partial charge in [-0.2, -0.15) is 5.10 Å². The van der Waals surface area contributed by atoms with Gasteiger partial charge >= 0.3 is 11.7 Å². The lowest BCUT2D eigenvalue weighted by molar-refractivity contribution is -0.118. The van der Waals surface area contributed by atoms with Crippen LogP contribution in [0.25, 0.3) is 0 Å². The highest BCUT2D eigenvalue weighted by atomic mass is 35.5. The van der Waals surface area contributed by atoms with Gasteiger partial charge in [-0.1, -0.05) is 132 Å². The number of esters is 1. The molecule has 1 unspecified atom stereocenters. The molecule has 0 aliphatic carbocycles. The highest BCUT2D eigenvalue weighted by Gasteiger charge is 2.35. The lowest BCUT2D eigenvalue weighted by Gasteiger charge is -2.17. The molecule has 1 atom stereocenters. The van der Waals surface area contributed by atoms with Crippen molar-refractivity contribution in [1.82, 2.24) is 19.3 Å². The van der Waals surface area contributed by atoms with Crippen LogP contribution in [0.2, 0.25) is 5.02 Å². The van der Waals surface area contributed by atoms with Crippen molar-refractivity contribution < 1.29 is 24.2 Å². The van der Waals surface area contributed by atoms with Crippen molar-refractivity contribution in [3.8, 4) is 5.88 Å². The molecule has 3 N–H and O–H groups in total. The number of carbonyl (C=O) groups is 3. The lowest BCUT2D eigenvalue weighted by Crippen LogP contribution is -2.39. The number of amides is 1. The predicted molar refractivity (Wildman–Crippen MR) is 203 cm³/mol. The Morgan fingerprint density at radius 2 is 1.50 bits per heavy atom. The summed E-state index contributed by atoms with van der Waals surface area (Å²) in [5.74, 6) is -2.96. The predicted octanol–water partition coefficient (Wildman–Crippen LogP) is 8.79. The maximum Gasteiger partial charge on any atom is 0.338 e. The summed E-state index contributed by atoms with van der Waals surface area (Å²) in [7, 11) is 0. The lowest BCUT2D eigenvalue weighted by atomic mass is 10.0. The number of aromatic hydroxyl groups is 1. The van der Waals surface area contributed by atoms with Crippen LogP contribution in [0.3, 0.4) is 0 Å². The van der Waals surface area contributed by atoms with E-state index in [1.54, 1.807) is 6.92 Å². The Hall–Kier alpha value is -4.64. The fourth-order valence-corrected chi connectivity index (χ4v) is 6.33. The second kappa shape index (κ2) is 21.0. The zero-order valence-corrected chi connectivity index (χ0v) is 31.1. The summed E-state index contributed by atoms with van der Waals surface area (Å²) in [5.41, 5.74) is 0.636. The number of benzene rings is 2. The third kappa shape index (κ3) is 12.0. The minimum absolute atomic E-state index is 0.0323. The van der Waals surface area contributed by atoms with Crippen LogP contribution < -0.4 is 11.0 Å². The normalized spacial score (nSPS) is 11.8. The zero-order valence-electron chi connectivity index (χ0n) is 30.4. The molecule has 52 heavy (non-hydrogen) atoms. The van der Waals surface area contributed by atoms with E-state index in [2.05, 4.69) is 22.4 Å². The van der Waals surface area contributed by atoms with Crippen LogP contribution in [0, 0.1) is 6.92 Å². The van der Waals surface area contributed by atoms with Gasteiger partial charge in [-0.3, -0.25) is 19.3 Å². The van der Waals surface area contributed by atoms with E-state index in [4.69, 9.17) is 16.3 Å². The highest BCUT2D eigenvalue weighted by Crippen LogP contribution is 2.27. The van der Waals surface area contributed by atoms with Gasteiger partial charge in [0, 0.05) is 5.69 Å². The van der Waals surface area contributed by atoms with Gasteiger partial charge in [0.15, 0.2) is 6.04 Å². The number of H-pyrrole nitrogens is 1. The molecule has 0 spiro atoms. The van der Waals surface area contributed by atoms with Gasteiger partial charge in [0.2, 0.25) is 11.7 Å². The van der Waals surface area contributed by atoms with Crippen LogP contribution >= 0.6 is 11.6 Å². The first-order chi connectivity index (χ1) is 25.2. The molecule has 0 saturated heterocycles. The van der Waals surface area contributed by atoms with Crippen molar-refractivity contribution in [2.75, 3.05) is 11.9 Å². The molecule has 1 amide bonds. The van der Waals surface area contributed by atoms with Crippen molar-refractivity contribution in [1.29, 1.82) is 0 Å². The van der Waals surface area contributed by atoms with Gasteiger partial charge in [0.1, 0.15) is 5.69 Å². The van der Waals surface area contributed by atoms with E-state index < -0.39 is 35.3 Å². The summed E-state index contributed by atoms with van der Waals surface area (Å²) in [6.45, 7) is 4.29. The van der Waals surface area contributed by atoms with Crippen LogP contribution in [0.4, 0.5) is 5.69 Å². The number of ketones is 1. The third-order valence-electron chi connectivity index (χ3n) is 9.07. The van der Waals surface area contributed by atoms with E-state index in [9.17, 15) is 24.3 Å². The first-order valence-corrected chi connectivity index (χ1v) is 19.0. The van der Waals surface area contributed by atoms with Gasteiger partial charge < -0.3 is 15.2 Å². The monoisotopic (exact) mass is 733 g/mol. The minimum Gasteiger partial charge on any atom is -0.493 e. The molecule has 0 bridgehead atoms. The smallest absolute Gasteiger partial charge is 0.338 e. The fourth-order valence-electron chi connectivity index (χ4n) is 6.16. The number of halogens is 1. The van der Waals surface area contributed by atoms with E-state index >= 15 is 0 Å². The van der Waals surface area contributed by atoms with Crippen LogP contribution in [0.15, 0.2) is 65.6 Å². The maximum absolute atomic E-state index is 13.8. The summed E-state index contributed by atoms with van der Waals surface area (Å²) in [6, 6.07) is 12.9. The Balaban J connectivity index is 1.32. The van der Waals surface area contributed by atoms with Crippen molar-refractivity contribution in [2.24, 2.45) is 0 Å². The molecule has 0 fully saturated rings. The summed E-state index contributed by atoms with van der Waals surface area (Å²) in [6.07, 6.45) is 18.4. The summed E-state index contributed by atoms with van der Waals surface area (Å²) in [4.78, 5) is 54.0. The van der Waals surface area contributed by atoms with Crippen molar-refractivity contribution in [2.45, 2.75) is 116 Å². The standard InChI is InChI=1S/C40H52ClN5O6/c1-3-4-5-6-7-8-9-10-11-12-13-14-15-19-24-52-39(50)31-22-23-32(41)33(26-31)42-38(49)36(37(48)34-25-29(2)43-44-34)46-35(47)28-45(40(46)51)27-30-20-17-16-18-21-30/h16-18,20-23,25-26,28,36,47H,3-15,19,24,27H2,1-2H3,(H,42,49)(H,43,44). The number of nitrogens with one attached hydrogen (secondary N) is 2. The molecule has 11 nitrogen and oxygen atoms in total. The van der Waals surface area contributed by atoms with E-state index in [1.165, 1.54) is 106 Å². The number of hydrogen-bond donors (Lipinski definition) is 3. The number of ether oxygens (including phenoxy) is 1. The number of aromatic amines is 1. The minimum atomic E-state index is -1.85. The highest BCUT2D eigenvalue weighted by molar-refractivity contribution is 6.34. The number of aromatic nitrogens is 4. The van der Waals surface area contributed by atoms with Crippen LogP contribution in [0.5, 0.6) is 5.88 Å². The van der Waals surface area contributed by atoms with Crippen LogP contribution in [-0.2, 0) is 16.1 Å². The number of hydrogen-bond acceptors (Lipinski definition) is 7. The molecule has 2 aromatic heterocycles. The van der Waals surface area contributed by atoms with Crippen LogP contribution in [0.1, 0.15) is 135 Å². The van der Waals surface area contributed by atoms with E-state index in [-0.39, 0.29) is 35.1 Å². The topological polar surface area (TPSA) is 148 Å². The Morgan fingerprint density at radius 3 is 2.10 bits per heavy atom. The molecule has 0 radical (unpaired) electrons. The molecular weight excluding hydrogens is 682 g/mol. The molecule has 0 saturated carbocycles. The van der Waals surface area contributed by atoms with Gasteiger partial charge in [-0.25, -0.2) is 14.2 Å². The average Bonchev–Trinajstić information content (AvgIpc) is 3.69. The molecule has 2 heterocycles. The Bertz CT molecular complexity index is 1800. The first kappa shape index (κ1) is 40.1. The summed E-state index contributed by atoms with van der Waals surface area (Å²) in [5, 5.41) is 20.2. The number of aryl methyl sites for hydroxylation is 1. The Labute approximate surface area is 310 Å². The number of unbranched alkanes of at least 4 members (excludes halogenated alkanes) is 13. The number of carbonyl (C=O) groups excluding carboxylic acids is 3. The average molecular weight is 734 g/mol. The van der Waals surface area contributed by atoms with Gasteiger partial charge in [0.05, 0.1) is 35.6 Å². The first-order valence-electron chi connectivity index (χ1n) is 18.6. The summed E-state index contributed by atoms with van der Waals surface area (Å²) >= 11 is 6.41. The molecule has 280 valence electrons. The zero-order chi connectivity index (χ0) is 37.3. The van der Waals surface area contributed by atoms with E-state index in [0.717, 1.165) is 24.8 Å². The molecule has 4 aromatic rings. The van der Waals surface area contributed by atoms with Crippen molar-refractivity contribution in [3.63, 3.8) is 0 Å². The maximum atomic E-state index is 13.8. The largest absolute Gasteiger partial charge is 0.493 e. The third-order valence-corrected chi connectivity index (χ3v) is 9.40. The number of Topliss-reactive ketones (excluding diaryl/α,β-unsaturated/α-hetero) is 1. The van der Waals surface area contributed by atoms with Crippen molar-refractivity contribution >= 4 is 34.9 Å². The molecule has 0 aliphatic heterocycles. The molecule has 4 rings (SSSR count). The molecule has 2 aromatic carbocycles. The van der Waals surface area contributed by atoms with E-state index in [0.29, 0.717) is 10.3 Å². The van der Waals surface area contributed by atoms with Crippen molar-refractivity contribution in [3.05, 3.63) is 98.8 Å². The van der Waals surface area contributed by atoms with Gasteiger partial charge in [0.25, 0.3) is 5.91 Å². The second-order valence-electron chi connectivity index (χ2n) is 13.4. The number of imidazole rings is 1. The van der Waals surface area contributed by atoms with E-state index in [1.807, 2.05) is 30.3 Å². The second-order valence-corrected chi connectivity index (χ2v) is 13.8. The Kier molecular flexibility index (Phi) is 16.2.